The molecule has 3 aliphatic heterocycles. The van der Waals surface area contributed by atoms with Crippen molar-refractivity contribution in [2.45, 2.75) is 86.4 Å². The van der Waals surface area contributed by atoms with Crippen LogP contribution in [0.15, 0.2) is 0 Å². The number of nitrogens with one attached hydrogen (secondary N) is 1. The van der Waals surface area contributed by atoms with E-state index in [1.54, 1.807) is 0 Å². The molecule has 0 aromatic rings. The molecule has 3 aliphatic rings. The van der Waals surface area contributed by atoms with Crippen LogP contribution in [-0.4, -0.2) is 110 Å². The van der Waals surface area contributed by atoms with Crippen molar-refractivity contribution in [3.8, 4) is 0 Å². The number of piperazine rings is 2. The predicted octanol–water partition coefficient (Wildman–Crippen LogP) is 3.71. The Bertz CT molecular complexity index is 400. The monoisotopic (exact) mass is 439 g/mol. The van der Waals surface area contributed by atoms with Gasteiger partial charge in [0.15, 0.2) is 0 Å². The summed E-state index contributed by atoms with van der Waals surface area (Å²) >= 11 is 0. The van der Waals surface area contributed by atoms with Gasteiger partial charge in [-0.2, -0.15) is 0 Å². The van der Waals surface area contributed by atoms with Crippen LogP contribution in [0.2, 0.25) is 0 Å². The Labute approximate surface area is 195 Å². The Balaban J connectivity index is 0.000000235. The van der Waals surface area contributed by atoms with E-state index in [1.165, 1.54) is 65.2 Å². The van der Waals surface area contributed by atoms with Gasteiger partial charge in [-0.25, -0.2) is 0 Å². The maximum Gasteiger partial charge on any atom is 0.0113 e. The zero-order valence-electron chi connectivity index (χ0n) is 22.7. The second-order valence-corrected chi connectivity index (χ2v) is 11.0. The van der Waals surface area contributed by atoms with E-state index < -0.39 is 0 Å². The van der Waals surface area contributed by atoms with Gasteiger partial charge in [-0.3, -0.25) is 14.7 Å². The van der Waals surface area contributed by atoms with Crippen LogP contribution in [-0.2, 0) is 0 Å². The van der Waals surface area contributed by atoms with Gasteiger partial charge in [0.2, 0.25) is 0 Å². The molecule has 3 heterocycles. The SMILES string of the molecule is CC(C)C1CCN(C)CC1.CC(C)N1CCN(C(C)C)CC1.CC(C)N1CCNCC1. The number of piperidine rings is 1. The fourth-order valence-corrected chi connectivity index (χ4v) is 4.66. The number of rotatable bonds is 4. The highest BCUT2D eigenvalue weighted by Gasteiger charge is 2.20. The van der Waals surface area contributed by atoms with Crippen LogP contribution >= 0.6 is 0 Å². The lowest BCUT2D eigenvalue weighted by atomic mass is 9.87. The molecule has 0 aliphatic carbocycles. The fourth-order valence-electron chi connectivity index (χ4n) is 4.66. The summed E-state index contributed by atoms with van der Waals surface area (Å²) in [6, 6.07) is 2.17. The zero-order chi connectivity index (χ0) is 23.4. The topological polar surface area (TPSA) is 25.0 Å². The van der Waals surface area contributed by atoms with Crippen LogP contribution in [0, 0.1) is 11.8 Å². The van der Waals surface area contributed by atoms with Crippen molar-refractivity contribution in [2.24, 2.45) is 11.8 Å². The molecule has 5 heteroatoms. The second kappa shape index (κ2) is 15.6. The van der Waals surface area contributed by atoms with E-state index in [-0.39, 0.29) is 0 Å². The largest absolute Gasteiger partial charge is 0.314 e. The molecule has 0 bridgehead atoms. The van der Waals surface area contributed by atoms with E-state index in [0.717, 1.165) is 43.1 Å². The third kappa shape index (κ3) is 12.0. The summed E-state index contributed by atoms with van der Waals surface area (Å²) in [6.45, 7) is 30.7. The van der Waals surface area contributed by atoms with E-state index in [4.69, 9.17) is 0 Å². The van der Waals surface area contributed by atoms with E-state index in [0.29, 0.717) is 0 Å². The molecule has 31 heavy (non-hydrogen) atoms. The van der Waals surface area contributed by atoms with E-state index in [1.807, 2.05) is 0 Å². The van der Waals surface area contributed by atoms with E-state index >= 15 is 0 Å². The molecular formula is C26H57N5. The smallest absolute Gasteiger partial charge is 0.0113 e. The zero-order valence-corrected chi connectivity index (χ0v) is 22.7. The Morgan fingerprint density at radius 3 is 1.19 bits per heavy atom. The second-order valence-electron chi connectivity index (χ2n) is 11.0. The Kier molecular flexibility index (Phi) is 14.5. The lowest BCUT2D eigenvalue weighted by Gasteiger charge is -2.38. The van der Waals surface area contributed by atoms with Gasteiger partial charge in [-0.15, -0.1) is 0 Å². The highest BCUT2D eigenvalue weighted by atomic mass is 15.3. The first kappa shape index (κ1) is 28.8. The Morgan fingerprint density at radius 2 is 0.903 bits per heavy atom. The molecule has 0 unspecified atom stereocenters. The molecule has 186 valence electrons. The molecule has 0 amide bonds. The first-order chi connectivity index (χ1) is 14.6. The number of nitrogens with zero attached hydrogens (tertiary/aromatic N) is 4. The van der Waals surface area contributed by atoms with Gasteiger partial charge < -0.3 is 10.2 Å². The number of likely N-dealkylation sites (tertiary alicyclic amines) is 1. The third-order valence-electron chi connectivity index (χ3n) is 7.40. The normalized spacial score (nSPS) is 23.1. The van der Waals surface area contributed by atoms with Crippen molar-refractivity contribution < 1.29 is 0 Å². The molecule has 0 saturated carbocycles. The number of hydrogen-bond donors (Lipinski definition) is 1. The summed E-state index contributed by atoms with van der Waals surface area (Å²) in [6.07, 6.45) is 2.82. The molecule has 3 rings (SSSR count). The van der Waals surface area contributed by atoms with Crippen LogP contribution in [0.3, 0.4) is 0 Å². The average molecular weight is 440 g/mol. The van der Waals surface area contributed by atoms with Crippen molar-refractivity contribution >= 4 is 0 Å². The van der Waals surface area contributed by atoms with Crippen molar-refractivity contribution in [3.05, 3.63) is 0 Å². The predicted molar refractivity (Wildman–Crippen MR) is 138 cm³/mol. The van der Waals surface area contributed by atoms with Gasteiger partial charge >= 0.3 is 0 Å². The molecule has 0 aromatic carbocycles. The highest BCUT2D eigenvalue weighted by Crippen LogP contribution is 2.23. The lowest BCUT2D eigenvalue weighted by Crippen LogP contribution is -2.50. The van der Waals surface area contributed by atoms with Gasteiger partial charge in [0.1, 0.15) is 0 Å². The highest BCUT2D eigenvalue weighted by molar-refractivity contribution is 4.76. The van der Waals surface area contributed by atoms with Crippen LogP contribution in [0.1, 0.15) is 68.2 Å². The van der Waals surface area contributed by atoms with Crippen molar-refractivity contribution in [1.29, 1.82) is 0 Å². The van der Waals surface area contributed by atoms with Crippen LogP contribution in [0.25, 0.3) is 0 Å². The lowest BCUT2D eigenvalue weighted by molar-refractivity contribution is 0.0887. The van der Waals surface area contributed by atoms with Gasteiger partial charge in [0.05, 0.1) is 0 Å². The summed E-state index contributed by atoms with van der Waals surface area (Å²) in [7, 11) is 2.22. The molecule has 0 aromatic heterocycles. The summed E-state index contributed by atoms with van der Waals surface area (Å²) in [4.78, 5) is 10.0. The van der Waals surface area contributed by atoms with Gasteiger partial charge in [0, 0.05) is 70.5 Å². The van der Waals surface area contributed by atoms with Gasteiger partial charge in [0.25, 0.3) is 0 Å². The quantitative estimate of drug-likeness (QED) is 0.720. The summed E-state index contributed by atoms with van der Waals surface area (Å²) in [5.74, 6) is 1.89. The average Bonchev–Trinajstić information content (AvgIpc) is 2.75. The first-order valence-electron chi connectivity index (χ1n) is 13.2. The number of hydrogen-bond acceptors (Lipinski definition) is 5. The minimum absolute atomic E-state index is 0.722. The Morgan fingerprint density at radius 1 is 0.548 bits per heavy atom. The fraction of sp³-hybridized carbons (Fsp3) is 1.00. The molecule has 0 radical (unpaired) electrons. The minimum Gasteiger partial charge on any atom is -0.314 e. The summed E-state index contributed by atoms with van der Waals surface area (Å²) < 4.78 is 0. The molecule has 1 N–H and O–H groups in total. The van der Waals surface area contributed by atoms with Crippen molar-refractivity contribution in [2.75, 3.05) is 72.5 Å². The maximum absolute atomic E-state index is 3.33. The molecule has 0 spiro atoms. The van der Waals surface area contributed by atoms with Gasteiger partial charge in [-0.1, -0.05) is 13.8 Å². The molecular weight excluding hydrogens is 382 g/mol. The minimum atomic E-state index is 0.722. The van der Waals surface area contributed by atoms with Crippen LogP contribution < -0.4 is 5.32 Å². The molecule has 5 nitrogen and oxygen atoms in total. The summed E-state index contributed by atoms with van der Waals surface area (Å²) in [5, 5.41) is 3.33. The van der Waals surface area contributed by atoms with E-state index in [2.05, 4.69) is 87.4 Å². The van der Waals surface area contributed by atoms with Crippen LogP contribution in [0.5, 0.6) is 0 Å². The van der Waals surface area contributed by atoms with E-state index in [9.17, 15) is 0 Å². The molecule has 3 fully saturated rings. The maximum atomic E-state index is 3.33. The van der Waals surface area contributed by atoms with Crippen LogP contribution in [0.4, 0.5) is 0 Å². The first-order valence-corrected chi connectivity index (χ1v) is 13.2. The molecule has 3 saturated heterocycles. The summed E-state index contributed by atoms with van der Waals surface area (Å²) in [5.41, 5.74) is 0. The van der Waals surface area contributed by atoms with Crippen molar-refractivity contribution in [1.82, 2.24) is 24.9 Å². The third-order valence-corrected chi connectivity index (χ3v) is 7.40. The van der Waals surface area contributed by atoms with Gasteiger partial charge in [-0.05, 0) is 86.4 Å². The standard InChI is InChI=1S/C10H22N2.C9H19N.C7H16N2/c1-9(2)11-5-7-12(8-6-11)10(3)4;1-8(2)9-4-6-10(3)7-5-9;1-7(2)9-5-3-8-4-6-9/h9-10H,5-8H2,1-4H3;8-9H,4-7H2,1-3H3;7-8H,3-6H2,1-2H3. The van der Waals surface area contributed by atoms with Crippen molar-refractivity contribution in [3.63, 3.8) is 0 Å². The molecule has 0 atom stereocenters. The Hall–Kier alpha value is -0.200.